The molecule has 0 unspecified atom stereocenters. The quantitative estimate of drug-likeness (QED) is 0.140. The SMILES string of the molecule is COc1ccc(-c2oc(NC(=O)COC(=O)CSc3ccc4ccccc4c3)c(C#N)c2-c2ccc(OC)cc2)cc1. The van der Waals surface area contributed by atoms with Crippen LogP contribution in [0.25, 0.3) is 33.2 Å². The number of anilines is 1. The number of amides is 1. The van der Waals surface area contributed by atoms with Gasteiger partial charge in [0.25, 0.3) is 5.91 Å². The van der Waals surface area contributed by atoms with Crippen molar-refractivity contribution in [1.82, 2.24) is 0 Å². The van der Waals surface area contributed by atoms with Crippen molar-refractivity contribution in [3.05, 3.63) is 96.6 Å². The summed E-state index contributed by atoms with van der Waals surface area (Å²) >= 11 is 1.33. The number of nitriles is 1. The van der Waals surface area contributed by atoms with Crippen molar-refractivity contribution in [1.29, 1.82) is 5.26 Å². The summed E-state index contributed by atoms with van der Waals surface area (Å²) in [5.74, 6) is 0.526. The van der Waals surface area contributed by atoms with E-state index in [0.29, 0.717) is 33.9 Å². The van der Waals surface area contributed by atoms with Crippen molar-refractivity contribution < 1.29 is 28.2 Å². The summed E-state index contributed by atoms with van der Waals surface area (Å²) in [6.07, 6.45) is 0. The molecule has 210 valence electrons. The van der Waals surface area contributed by atoms with Crippen LogP contribution in [0.3, 0.4) is 0 Å². The van der Waals surface area contributed by atoms with Gasteiger partial charge < -0.3 is 18.6 Å². The van der Waals surface area contributed by atoms with E-state index < -0.39 is 18.5 Å². The number of thioether (sulfide) groups is 1. The summed E-state index contributed by atoms with van der Waals surface area (Å²) in [6.45, 7) is -0.529. The number of fused-ring (bicyclic) bond motifs is 1. The molecule has 0 aliphatic carbocycles. The fourth-order valence-electron chi connectivity index (χ4n) is 4.35. The number of ether oxygens (including phenoxy) is 3. The van der Waals surface area contributed by atoms with Crippen LogP contribution < -0.4 is 14.8 Å². The van der Waals surface area contributed by atoms with Crippen molar-refractivity contribution >= 4 is 40.3 Å². The minimum atomic E-state index is -0.633. The standard InChI is InChI=1S/C33H26N2O6S/c1-38-25-12-7-22(8-13-25)31-28(18-34)33(41-32(31)23-9-14-26(39-2)15-10-23)35-29(36)19-40-30(37)20-42-27-16-11-21-5-3-4-6-24(21)17-27/h3-17H,19-20H2,1-2H3,(H,35,36). The Morgan fingerprint density at radius 1 is 0.857 bits per heavy atom. The van der Waals surface area contributed by atoms with Gasteiger partial charge in [-0.25, -0.2) is 0 Å². The lowest BCUT2D eigenvalue weighted by Crippen LogP contribution is -2.21. The van der Waals surface area contributed by atoms with Gasteiger partial charge in [0.05, 0.1) is 20.0 Å². The molecule has 0 atom stereocenters. The van der Waals surface area contributed by atoms with Crippen LogP contribution in [0.5, 0.6) is 11.5 Å². The molecule has 1 heterocycles. The fourth-order valence-corrected chi connectivity index (χ4v) is 5.10. The van der Waals surface area contributed by atoms with Gasteiger partial charge in [-0.15, -0.1) is 11.8 Å². The van der Waals surface area contributed by atoms with Crippen molar-refractivity contribution in [2.45, 2.75) is 4.90 Å². The van der Waals surface area contributed by atoms with Gasteiger partial charge in [0.1, 0.15) is 28.9 Å². The molecular formula is C33H26N2O6S. The number of benzene rings is 4. The number of methoxy groups -OCH3 is 2. The summed E-state index contributed by atoms with van der Waals surface area (Å²) < 4.78 is 21.8. The van der Waals surface area contributed by atoms with Crippen LogP contribution in [0.1, 0.15) is 5.56 Å². The zero-order valence-corrected chi connectivity index (χ0v) is 23.7. The predicted octanol–water partition coefficient (Wildman–Crippen LogP) is 6.93. The first-order valence-electron chi connectivity index (χ1n) is 12.9. The van der Waals surface area contributed by atoms with Gasteiger partial charge >= 0.3 is 5.97 Å². The maximum absolute atomic E-state index is 12.8. The van der Waals surface area contributed by atoms with Crippen LogP contribution in [-0.4, -0.2) is 38.5 Å². The van der Waals surface area contributed by atoms with E-state index in [-0.39, 0.29) is 17.2 Å². The Hall–Kier alpha value is -5.20. The second-order valence-electron chi connectivity index (χ2n) is 9.09. The smallest absolute Gasteiger partial charge is 0.316 e. The Bertz CT molecular complexity index is 1770. The van der Waals surface area contributed by atoms with Crippen LogP contribution in [0.4, 0.5) is 5.88 Å². The highest BCUT2D eigenvalue weighted by Crippen LogP contribution is 2.42. The second kappa shape index (κ2) is 13.0. The van der Waals surface area contributed by atoms with Gasteiger partial charge in [-0.2, -0.15) is 5.26 Å². The van der Waals surface area contributed by atoms with Crippen LogP contribution in [0, 0.1) is 11.3 Å². The molecule has 0 aliphatic rings. The molecule has 0 spiro atoms. The van der Waals surface area contributed by atoms with E-state index in [9.17, 15) is 14.9 Å². The van der Waals surface area contributed by atoms with Gasteiger partial charge in [0.2, 0.25) is 5.88 Å². The van der Waals surface area contributed by atoms with Crippen molar-refractivity contribution in [2.24, 2.45) is 0 Å². The molecule has 5 aromatic rings. The van der Waals surface area contributed by atoms with Crippen LogP contribution in [-0.2, 0) is 14.3 Å². The van der Waals surface area contributed by atoms with Gasteiger partial charge in [0, 0.05) is 16.0 Å². The van der Waals surface area contributed by atoms with Gasteiger partial charge in [0.15, 0.2) is 6.61 Å². The van der Waals surface area contributed by atoms with Crippen LogP contribution in [0.15, 0.2) is 100 Å². The molecule has 1 N–H and O–H groups in total. The number of hydrogen-bond acceptors (Lipinski definition) is 8. The monoisotopic (exact) mass is 578 g/mol. The summed E-state index contributed by atoms with van der Waals surface area (Å²) in [6, 6.07) is 30.3. The van der Waals surface area contributed by atoms with Crippen molar-refractivity contribution in [3.8, 4) is 40.0 Å². The summed E-state index contributed by atoms with van der Waals surface area (Å²) in [4.78, 5) is 26.1. The second-order valence-corrected chi connectivity index (χ2v) is 10.1. The molecular weight excluding hydrogens is 552 g/mol. The highest BCUT2D eigenvalue weighted by molar-refractivity contribution is 8.00. The van der Waals surface area contributed by atoms with Crippen LogP contribution >= 0.6 is 11.8 Å². The molecule has 9 heteroatoms. The average Bonchev–Trinajstić information content (AvgIpc) is 3.40. The zero-order valence-electron chi connectivity index (χ0n) is 22.9. The molecule has 0 bridgehead atoms. The number of nitrogens with zero attached hydrogens (tertiary/aromatic N) is 1. The van der Waals surface area contributed by atoms with Crippen LogP contribution in [0.2, 0.25) is 0 Å². The number of carbonyl (C=O) groups is 2. The Morgan fingerprint density at radius 3 is 2.14 bits per heavy atom. The molecule has 0 fully saturated rings. The van der Waals surface area contributed by atoms with Gasteiger partial charge in [-0.1, -0.05) is 42.5 Å². The van der Waals surface area contributed by atoms with Crippen molar-refractivity contribution in [2.75, 3.05) is 31.9 Å². The first kappa shape index (κ1) is 28.3. The van der Waals surface area contributed by atoms with Gasteiger partial charge in [-0.3, -0.25) is 14.9 Å². The molecule has 8 nitrogen and oxygen atoms in total. The Balaban J connectivity index is 1.30. The fraction of sp³-hybridized carbons (Fsp3) is 0.121. The van der Waals surface area contributed by atoms with E-state index in [1.165, 1.54) is 11.8 Å². The molecule has 0 radical (unpaired) electrons. The number of hydrogen-bond donors (Lipinski definition) is 1. The number of rotatable bonds is 10. The van der Waals surface area contributed by atoms with E-state index in [0.717, 1.165) is 15.7 Å². The summed E-state index contributed by atoms with van der Waals surface area (Å²) in [7, 11) is 3.14. The van der Waals surface area contributed by atoms with E-state index in [4.69, 9.17) is 18.6 Å². The Kier molecular flexibility index (Phi) is 8.75. The summed E-state index contributed by atoms with van der Waals surface area (Å²) in [5, 5.41) is 14.9. The number of esters is 1. The third kappa shape index (κ3) is 6.40. The molecule has 0 saturated heterocycles. The number of nitrogens with one attached hydrogen (secondary N) is 1. The normalized spacial score (nSPS) is 10.6. The third-order valence-electron chi connectivity index (χ3n) is 6.45. The maximum atomic E-state index is 12.8. The molecule has 4 aromatic carbocycles. The van der Waals surface area contributed by atoms with E-state index in [1.54, 1.807) is 62.8 Å². The average molecular weight is 579 g/mol. The molecule has 1 amide bonds. The molecule has 5 rings (SSSR count). The third-order valence-corrected chi connectivity index (χ3v) is 7.41. The maximum Gasteiger partial charge on any atom is 0.316 e. The lowest BCUT2D eigenvalue weighted by Gasteiger charge is -2.06. The number of furan rings is 1. The molecule has 42 heavy (non-hydrogen) atoms. The minimum absolute atomic E-state index is 0.0407. The minimum Gasteiger partial charge on any atom is -0.497 e. The van der Waals surface area contributed by atoms with E-state index in [2.05, 4.69) is 11.4 Å². The van der Waals surface area contributed by atoms with Crippen molar-refractivity contribution in [3.63, 3.8) is 0 Å². The lowest BCUT2D eigenvalue weighted by atomic mass is 9.98. The first-order chi connectivity index (χ1) is 20.5. The molecule has 0 aliphatic heterocycles. The zero-order chi connectivity index (χ0) is 29.5. The number of carbonyl (C=O) groups excluding carboxylic acids is 2. The predicted molar refractivity (Wildman–Crippen MR) is 162 cm³/mol. The largest absolute Gasteiger partial charge is 0.497 e. The highest BCUT2D eigenvalue weighted by atomic mass is 32.2. The molecule has 0 saturated carbocycles. The Labute approximate surface area is 246 Å². The lowest BCUT2D eigenvalue weighted by molar-refractivity contribution is -0.144. The van der Waals surface area contributed by atoms with E-state index in [1.807, 2.05) is 42.5 Å². The van der Waals surface area contributed by atoms with E-state index >= 15 is 0 Å². The van der Waals surface area contributed by atoms with Gasteiger partial charge in [-0.05, 0) is 64.9 Å². The Morgan fingerprint density at radius 2 is 1.50 bits per heavy atom. The topological polar surface area (TPSA) is 111 Å². The summed E-state index contributed by atoms with van der Waals surface area (Å²) in [5.41, 5.74) is 2.01. The first-order valence-corrected chi connectivity index (χ1v) is 13.9. The highest BCUT2D eigenvalue weighted by Gasteiger charge is 2.25. The molecule has 1 aromatic heterocycles.